The van der Waals surface area contributed by atoms with E-state index in [0.29, 0.717) is 4.86 Å². The maximum absolute atomic E-state index is 8.44. The van der Waals surface area contributed by atoms with Crippen molar-refractivity contribution in [3.05, 3.63) is 0 Å². The molecule has 0 aromatic heterocycles. The van der Waals surface area contributed by atoms with Crippen LogP contribution in [-0.4, -0.2) is 4.86 Å². The van der Waals surface area contributed by atoms with Gasteiger partial charge in [0.2, 0.25) is 0 Å². The summed E-state index contributed by atoms with van der Waals surface area (Å²) in [6.07, 6.45) is 2.74. The van der Waals surface area contributed by atoms with Gasteiger partial charge in [-0.1, -0.05) is 25.6 Å². The fourth-order valence-corrected chi connectivity index (χ4v) is 0.918. The van der Waals surface area contributed by atoms with Crippen LogP contribution in [0.15, 0.2) is 0 Å². The minimum atomic E-state index is -0.684. The van der Waals surface area contributed by atoms with Gasteiger partial charge in [0.1, 0.15) is 0 Å². The summed E-state index contributed by atoms with van der Waals surface area (Å²) in [5.74, 6) is -0.684. The molecule has 0 aromatic rings. The van der Waals surface area contributed by atoms with Crippen molar-refractivity contribution in [1.29, 1.82) is 10.5 Å². The summed E-state index contributed by atoms with van der Waals surface area (Å²) < 4.78 is 0. The molecule has 0 rings (SSSR count). The molecule has 58 valence electrons. The SMILES string of the molecule is CCCCC(=S)C(C#N)C#N. The predicted molar refractivity (Wildman–Crippen MR) is 46.8 cm³/mol. The van der Waals surface area contributed by atoms with Crippen molar-refractivity contribution < 1.29 is 0 Å². The van der Waals surface area contributed by atoms with E-state index in [1.807, 2.05) is 12.1 Å². The molecule has 3 heteroatoms. The van der Waals surface area contributed by atoms with Gasteiger partial charge in [-0.25, -0.2) is 0 Å². The van der Waals surface area contributed by atoms with Gasteiger partial charge in [0.25, 0.3) is 0 Å². The lowest BCUT2D eigenvalue weighted by molar-refractivity contribution is 0.828. The highest BCUT2D eigenvalue weighted by Gasteiger charge is 2.10. The summed E-state index contributed by atoms with van der Waals surface area (Å²) in [6, 6.07) is 3.72. The van der Waals surface area contributed by atoms with Crippen molar-refractivity contribution in [2.45, 2.75) is 26.2 Å². The van der Waals surface area contributed by atoms with Crippen LogP contribution in [0.25, 0.3) is 0 Å². The molecule has 0 radical (unpaired) electrons. The van der Waals surface area contributed by atoms with Crippen LogP contribution >= 0.6 is 12.2 Å². The van der Waals surface area contributed by atoms with Gasteiger partial charge in [-0.2, -0.15) is 10.5 Å². The standard InChI is InChI=1S/C8H10N2S/c1-2-3-4-8(11)7(5-9)6-10/h7H,2-4H2,1H3. The molecule has 0 fully saturated rings. The Kier molecular flexibility index (Phi) is 5.33. The molecule has 0 saturated carbocycles. The number of nitrogens with zero attached hydrogens (tertiary/aromatic N) is 2. The molecule has 0 spiro atoms. The largest absolute Gasteiger partial charge is 0.196 e. The monoisotopic (exact) mass is 166 g/mol. The van der Waals surface area contributed by atoms with E-state index >= 15 is 0 Å². The lowest BCUT2D eigenvalue weighted by Crippen LogP contribution is -2.07. The van der Waals surface area contributed by atoms with Crippen molar-refractivity contribution >= 4 is 17.1 Å². The number of thiocarbonyl (C=S) groups is 1. The summed E-state index contributed by atoms with van der Waals surface area (Å²) >= 11 is 4.89. The average molecular weight is 166 g/mol. The van der Waals surface area contributed by atoms with Gasteiger partial charge in [0.15, 0.2) is 5.92 Å². The molecule has 0 aliphatic rings. The van der Waals surface area contributed by atoms with Gasteiger partial charge in [-0.15, -0.1) is 0 Å². The number of hydrogen-bond acceptors (Lipinski definition) is 3. The van der Waals surface area contributed by atoms with E-state index < -0.39 is 5.92 Å². The van der Waals surface area contributed by atoms with Crippen LogP contribution in [-0.2, 0) is 0 Å². The van der Waals surface area contributed by atoms with Crippen LogP contribution < -0.4 is 0 Å². The summed E-state index contributed by atoms with van der Waals surface area (Å²) in [5.41, 5.74) is 0. The number of unbranched alkanes of at least 4 members (excludes halogenated alkanes) is 1. The van der Waals surface area contributed by atoms with Crippen LogP contribution in [0.5, 0.6) is 0 Å². The summed E-state index contributed by atoms with van der Waals surface area (Å²) in [4.78, 5) is 0.580. The van der Waals surface area contributed by atoms with Crippen LogP contribution in [0.1, 0.15) is 26.2 Å². The molecular formula is C8H10N2S. The Bertz CT molecular complexity index is 195. The molecule has 0 unspecified atom stereocenters. The molecule has 0 heterocycles. The molecule has 0 aliphatic carbocycles. The molecule has 2 nitrogen and oxygen atoms in total. The number of hydrogen-bond donors (Lipinski definition) is 0. The fraction of sp³-hybridized carbons (Fsp3) is 0.625. The third kappa shape index (κ3) is 3.70. The van der Waals surface area contributed by atoms with E-state index in [1.54, 1.807) is 0 Å². The van der Waals surface area contributed by atoms with E-state index in [-0.39, 0.29) is 0 Å². The molecule has 0 saturated heterocycles. The molecule has 0 aliphatic heterocycles. The minimum Gasteiger partial charge on any atom is -0.196 e. The molecule has 0 amide bonds. The number of rotatable bonds is 4. The Hall–Kier alpha value is -0.930. The molecule has 0 N–H and O–H groups in total. The van der Waals surface area contributed by atoms with Crippen LogP contribution in [0, 0.1) is 28.6 Å². The highest BCUT2D eigenvalue weighted by atomic mass is 32.1. The molecule has 0 atom stereocenters. The summed E-state index contributed by atoms with van der Waals surface area (Å²) in [7, 11) is 0. The first kappa shape index (κ1) is 10.1. The van der Waals surface area contributed by atoms with Crippen LogP contribution in [0.3, 0.4) is 0 Å². The Morgan fingerprint density at radius 1 is 1.45 bits per heavy atom. The summed E-state index contributed by atoms with van der Waals surface area (Å²) in [6.45, 7) is 2.05. The van der Waals surface area contributed by atoms with Crippen molar-refractivity contribution in [1.82, 2.24) is 0 Å². The Morgan fingerprint density at radius 2 is 2.00 bits per heavy atom. The second-order valence-electron chi connectivity index (χ2n) is 2.26. The molecule has 0 aromatic carbocycles. The highest BCUT2D eigenvalue weighted by Crippen LogP contribution is 2.05. The van der Waals surface area contributed by atoms with E-state index in [9.17, 15) is 0 Å². The summed E-state index contributed by atoms with van der Waals surface area (Å²) in [5, 5.41) is 16.9. The van der Waals surface area contributed by atoms with Gasteiger partial charge < -0.3 is 0 Å². The third-order valence-electron chi connectivity index (χ3n) is 1.36. The zero-order valence-corrected chi connectivity index (χ0v) is 7.32. The van der Waals surface area contributed by atoms with Gasteiger partial charge in [0.05, 0.1) is 12.1 Å². The van der Waals surface area contributed by atoms with E-state index in [4.69, 9.17) is 22.7 Å². The second-order valence-corrected chi connectivity index (χ2v) is 2.79. The van der Waals surface area contributed by atoms with Crippen molar-refractivity contribution in [2.24, 2.45) is 5.92 Å². The van der Waals surface area contributed by atoms with Crippen molar-refractivity contribution in [3.8, 4) is 12.1 Å². The number of nitriles is 2. The smallest absolute Gasteiger partial charge is 0.164 e. The molecular weight excluding hydrogens is 156 g/mol. The van der Waals surface area contributed by atoms with E-state index in [1.165, 1.54) is 0 Å². The van der Waals surface area contributed by atoms with Gasteiger partial charge in [-0.05, 0) is 12.8 Å². The topological polar surface area (TPSA) is 47.6 Å². The second kappa shape index (κ2) is 5.82. The Labute approximate surface area is 72.4 Å². The van der Waals surface area contributed by atoms with Crippen LogP contribution in [0.2, 0.25) is 0 Å². The average Bonchev–Trinajstić information content (AvgIpc) is 2.03. The lowest BCUT2D eigenvalue weighted by Gasteiger charge is -1.99. The first-order valence-electron chi connectivity index (χ1n) is 3.58. The Morgan fingerprint density at radius 3 is 2.36 bits per heavy atom. The lowest BCUT2D eigenvalue weighted by atomic mass is 10.0. The van der Waals surface area contributed by atoms with Gasteiger partial charge in [0, 0.05) is 4.86 Å². The fourth-order valence-electron chi connectivity index (χ4n) is 0.668. The van der Waals surface area contributed by atoms with Crippen molar-refractivity contribution in [2.75, 3.05) is 0 Å². The quantitative estimate of drug-likeness (QED) is 0.601. The predicted octanol–water partition coefficient (Wildman–Crippen LogP) is 2.21. The first-order chi connectivity index (χ1) is 5.26. The highest BCUT2D eigenvalue weighted by molar-refractivity contribution is 7.80. The molecule has 0 bridgehead atoms. The normalized spacial score (nSPS) is 8.73. The van der Waals surface area contributed by atoms with Gasteiger partial charge >= 0.3 is 0 Å². The van der Waals surface area contributed by atoms with Crippen LogP contribution in [0.4, 0.5) is 0 Å². The van der Waals surface area contributed by atoms with E-state index in [0.717, 1.165) is 19.3 Å². The Balaban J connectivity index is 3.85. The third-order valence-corrected chi connectivity index (χ3v) is 1.80. The van der Waals surface area contributed by atoms with Gasteiger partial charge in [-0.3, -0.25) is 0 Å². The zero-order chi connectivity index (χ0) is 8.69. The first-order valence-corrected chi connectivity index (χ1v) is 3.99. The minimum absolute atomic E-state index is 0.580. The maximum atomic E-state index is 8.44. The molecule has 11 heavy (non-hydrogen) atoms. The zero-order valence-electron chi connectivity index (χ0n) is 6.50. The van der Waals surface area contributed by atoms with Crippen molar-refractivity contribution in [3.63, 3.8) is 0 Å². The van der Waals surface area contributed by atoms with E-state index in [2.05, 4.69) is 6.92 Å². The maximum Gasteiger partial charge on any atom is 0.164 e.